The van der Waals surface area contributed by atoms with Gasteiger partial charge in [0.2, 0.25) is 0 Å². The second-order valence-electron chi connectivity index (χ2n) is 3.71. The molecule has 5 nitrogen and oxygen atoms in total. The molecule has 0 bridgehead atoms. The van der Waals surface area contributed by atoms with Crippen molar-refractivity contribution in [2.45, 2.75) is 25.8 Å². The first-order valence-corrected chi connectivity index (χ1v) is 6.21. The van der Waals surface area contributed by atoms with Gasteiger partial charge in [0.1, 0.15) is 5.69 Å². The van der Waals surface area contributed by atoms with Crippen molar-refractivity contribution in [3.05, 3.63) is 28.6 Å². The maximum absolute atomic E-state index is 5.91. The first kappa shape index (κ1) is 12.2. The molecule has 0 saturated heterocycles. The summed E-state index contributed by atoms with van der Waals surface area (Å²) in [5, 5.41) is 3.87. The summed E-state index contributed by atoms with van der Waals surface area (Å²) in [7, 11) is 0. The normalized spacial score (nSPS) is 12.6. The lowest BCUT2D eigenvalue weighted by molar-refractivity contribution is 0.412. The number of pyridine rings is 1. The third kappa shape index (κ3) is 2.89. The topological polar surface area (TPSA) is 77.8 Å². The summed E-state index contributed by atoms with van der Waals surface area (Å²) >= 11 is 3.32. The fourth-order valence-corrected chi connectivity index (χ4v) is 1.67. The van der Waals surface area contributed by atoms with Crippen molar-refractivity contribution >= 4 is 15.9 Å². The number of hydrogen-bond acceptors (Lipinski definition) is 5. The molecule has 0 aliphatic heterocycles. The number of nitrogens with two attached hydrogens (primary N) is 1. The Morgan fingerprint density at radius 1 is 1.47 bits per heavy atom. The molecule has 0 fully saturated rings. The molecule has 0 aliphatic rings. The molecule has 0 saturated carbocycles. The molecule has 0 aliphatic carbocycles. The van der Waals surface area contributed by atoms with Gasteiger partial charge >= 0.3 is 0 Å². The average molecular weight is 297 g/mol. The predicted octanol–water partition coefficient (Wildman–Crippen LogP) is 2.69. The van der Waals surface area contributed by atoms with E-state index in [9.17, 15) is 0 Å². The van der Waals surface area contributed by atoms with Gasteiger partial charge in [0, 0.05) is 10.7 Å². The molecule has 2 heterocycles. The second kappa shape index (κ2) is 5.37. The minimum atomic E-state index is -0.173. The van der Waals surface area contributed by atoms with E-state index in [1.807, 2.05) is 12.1 Å². The quantitative estimate of drug-likeness (QED) is 0.938. The molecule has 2 aromatic rings. The molecule has 1 atom stereocenters. The van der Waals surface area contributed by atoms with Gasteiger partial charge in [0.25, 0.3) is 5.89 Å². The van der Waals surface area contributed by atoms with Gasteiger partial charge in [-0.05, 0) is 34.5 Å². The highest BCUT2D eigenvalue weighted by Gasteiger charge is 2.15. The number of hydrogen-bond donors (Lipinski definition) is 1. The summed E-state index contributed by atoms with van der Waals surface area (Å²) in [5.74, 6) is 0.936. The van der Waals surface area contributed by atoms with E-state index in [2.05, 4.69) is 38.0 Å². The standard InChI is InChI=1S/C11H13BrN4O/c1-2-3-8(13)10-15-11(17-16-10)9-5-4-7(12)6-14-9/h4-6,8H,2-3,13H2,1H3. The zero-order chi connectivity index (χ0) is 12.3. The van der Waals surface area contributed by atoms with Crippen LogP contribution in [0.2, 0.25) is 0 Å². The summed E-state index contributed by atoms with van der Waals surface area (Å²) in [5.41, 5.74) is 6.56. The smallest absolute Gasteiger partial charge is 0.276 e. The van der Waals surface area contributed by atoms with Crippen LogP contribution in [-0.4, -0.2) is 15.1 Å². The molecule has 17 heavy (non-hydrogen) atoms. The van der Waals surface area contributed by atoms with Crippen molar-refractivity contribution in [2.24, 2.45) is 5.73 Å². The molecule has 0 amide bonds. The van der Waals surface area contributed by atoms with Crippen molar-refractivity contribution in [2.75, 3.05) is 0 Å². The summed E-state index contributed by atoms with van der Waals surface area (Å²) in [6, 6.07) is 3.51. The maximum Gasteiger partial charge on any atom is 0.276 e. The Balaban J connectivity index is 2.20. The Morgan fingerprint density at radius 3 is 2.94 bits per heavy atom. The summed E-state index contributed by atoms with van der Waals surface area (Å²) in [6.45, 7) is 2.07. The molecule has 2 rings (SSSR count). The number of halogens is 1. The zero-order valence-corrected chi connectivity index (χ0v) is 11.0. The van der Waals surface area contributed by atoms with Crippen LogP contribution < -0.4 is 5.73 Å². The lowest BCUT2D eigenvalue weighted by Gasteiger charge is -2.02. The van der Waals surface area contributed by atoms with Crippen LogP contribution in [0, 0.1) is 0 Å². The van der Waals surface area contributed by atoms with E-state index in [0.717, 1.165) is 17.3 Å². The number of rotatable bonds is 4. The third-order valence-electron chi connectivity index (χ3n) is 2.32. The summed E-state index contributed by atoms with van der Waals surface area (Å²) in [6.07, 6.45) is 3.51. The first-order valence-electron chi connectivity index (χ1n) is 5.42. The molecule has 0 spiro atoms. The Labute approximate surface area is 108 Å². The second-order valence-corrected chi connectivity index (χ2v) is 4.63. The Hall–Kier alpha value is -1.27. The SMILES string of the molecule is CCCC(N)c1noc(-c2ccc(Br)cn2)n1. The van der Waals surface area contributed by atoms with E-state index >= 15 is 0 Å². The van der Waals surface area contributed by atoms with E-state index in [1.165, 1.54) is 0 Å². The van der Waals surface area contributed by atoms with Crippen LogP contribution in [0.1, 0.15) is 31.6 Å². The van der Waals surface area contributed by atoms with Crippen molar-refractivity contribution in [3.8, 4) is 11.6 Å². The van der Waals surface area contributed by atoms with Crippen LogP contribution in [0.5, 0.6) is 0 Å². The molecule has 90 valence electrons. The van der Waals surface area contributed by atoms with Crippen LogP contribution in [0.3, 0.4) is 0 Å². The molecule has 1 unspecified atom stereocenters. The minimum Gasteiger partial charge on any atom is -0.332 e. The first-order chi connectivity index (χ1) is 8.20. The number of nitrogens with zero attached hydrogens (tertiary/aromatic N) is 3. The predicted molar refractivity (Wildman–Crippen MR) is 67.1 cm³/mol. The van der Waals surface area contributed by atoms with Crippen molar-refractivity contribution in [3.63, 3.8) is 0 Å². The Kier molecular flexibility index (Phi) is 3.86. The van der Waals surface area contributed by atoms with Gasteiger partial charge in [-0.25, -0.2) is 4.98 Å². The van der Waals surface area contributed by atoms with Crippen molar-refractivity contribution < 1.29 is 4.52 Å². The Morgan fingerprint density at radius 2 is 2.29 bits per heavy atom. The largest absolute Gasteiger partial charge is 0.332 e. The van der Waals surface area contributed by atoms with Crippen LogP contribution in [0.15, 0.2) is 27.3 Å². The van der Waals surface area contributed by atoms with Gasteiger partial charge in [0.15, 0.2) is 5.82 Å². The fraction of sp³-hybridized carbons (Fsp3) is 0.364. The minimum absolute atomic E-state index is 0.173. The fourth-order valence-electron chi connectivity index (χ4n) is 1.43. The molecule has 2 N–H and O–H groups in total. The van der Waals surface area contributed by atoms with Crippen LogP contribution in [0.4, 0.5) is 0 Å². The summed E-state index contributed by atoms with van der Waals surface area (Å²) < 4.78 is 6.05. The highest BCUT2D eigenvalue weighted by molar-refractivity contribution is 9.10. The average Bonchev–Trinajstić information content (AvgIpc) is 2.80. The molecule has 0 radical (unpaired) electrons. The van der Waals surface area contributed by atoms with E-state index in [0.29, 0.717) is 17.4 Å². The Bertz CT molecular complexity index is 482. The van der Waals surface area contributed by atoms with Crippen LogP contribution >= 0.6 is 15.9 Å². The van der Waals surface area contributed by atoms with Crippen LogP contribution in [0.25, 0.3) is 11.6 Å². The van der Waals surface area contributed by atoms with E-state index in [1.54, 1.807) is 6.20 Å². The van der Waals surface area contributed by atoms with Gasteiger partial charge in [0.05, 0.1) is 6.04 Å². The van der Waals surface area contributed by atoms with Gasteiger partial charge < -0.3 is 10.3 Å². The summed E-state index contributed by atoms with van der Waals surface area (Å²) in [4.78, 5) is 8.43. The third-order valence-corrected chi connectivity index (χ3v) is 2.79. The molecule has 0 aromatic carbocycles. The number of aromatic nitrogens is 3. The lowest BCUT2D eigenvalue weighted by Crippen LogP contribution is -2.11. The van der Waals surface area contributed by atoms with Gasteiger partial charge in [-0.1, -0.05) is 18.5 Å². The zero-order valence-electron chi connectivity index (χ0n) is 9.43. The van der Waals surface area contributed by atoms with E-state index in [-0.39, 0.29) is 6.04 Å². The molecule has 2 aromatic heterocycles. The van der Waals surface area contributed by atoms with Crippen LogP contribution in [-0.2, 0) is 0 Å². The van der Waals surface area contributed by atoms with E-state index in [4.69, 9.17) is 10.3 Å². The molecule has 6 heteroatoms. The lowest BCUT2D eigenvalue weighted by atomic mass is 10.2. The molecular formula is C11H13BrN4O. The van der Waals surface area contributed by atoms with E-state index < -0.39 is 0 Å². The van der Waals surface area contributed by atoms with Gasteiger partial charge in [-0.15, -0.1) is 0 Å². The highest BCUT2D eigenvalue weighted by atomic mass is 79.9. The molecular weight excluding hydrogens is 284 g/mol. The van der Waals surface area contributed by atoms with Crippen molar-refractivity contribution in [1.29, 1.82) is 0 Å². The highest BCUT2D eigenvalue weighted by Crippen LogP contribution is 2.19. The van der Waals surface area contributed by atoms with Gasteiger partial charge in [-0.2, -0.15) is 4.98 Å². The van der Waals surface area contributed by atoms with Gasteiger partial charge in [-0.3, -0.25) is 0 Å². The van der Waals surface area contributed by atoms with Crippen molar-refractivity contribution in [1.82, 2.24) is 15.1 Å². The maximum atomic E-state index is 5.91. The monoisotopic (exact) mass is 296 g/mol.